The second-order valence-electron chi connectivity index (χ2n) is 4.39. The van der Waals surface area contributed by atoms with Crippen LogP contribution in [0.15, 0.2) is 24.3 Å². The Morgan fingerprint density at radius 3 is 2.29 bits per heavy atom. The van der Waals surface area contributed by atoms with Gasteiger partial charge in [0, 0.05) is 24.7 Å². The quantitative estimate of drug-likeness (QED) is 0.731. The van der Waals surface area contributed by atoms with Crippen LogP contribution in [0.3, 0.4) is 0 Å². The predicted octanol–water partition coefficient (Wildman–Crippen LogP) is 1.49. The lowest BCUT2D eigenvalue weighted by molar-refractivity contribution is -0.122. The van der Waals surface area contributed by atoms with Crippen LogP contribution in [0.1, 0.15) is 13.3 Å². The van der Waals surface area contributed by atoms with E-state index in [9.17, 15) is 14.4 Å². The molecule has 3 N–H and O–H groups in total. The molecule has 1 atom stereocenters. The monoisotopic (exact) mass is 323 g/mol. The van der Waals surface area contributed by atoms with Gasteiger partial charge in [0.1, 0.15) is 4.32 Å². The van der Waals surface area contributed by atoms with Gasteiger partial charge in [-0.25, -0.2) is 0 Å². The Balaban J connectivity index is 1.89. The molecule has 1 fully saturated rings. The number of hydrogen-bond acceptors (Lipinski definition) is 5. The topological polar surface area (TPSA) is 87.3 Å². The molecule has 0 aromatic heterocycles. The molecule has 0 bridgehead atoms. The van der Waals surface area contributed by atoms with Crippen molar-refractivity contribution in [1.29, 1.82) is 0 Å². The molecule has 1 unspecified atom stereocenters. The summed E-state index contributed by atoms with van der Waals surface area (Å²) in [6.45, 7) is 1.42. The minimum Gasteiger partial charge on any atom is -0.326 e. The van der Waals surface area contributed by atoms with Crippen molar-refractivity contribution >= 4 is 57.4 Å². The highest BCUT2D eigenvalue weighted by molar-refractivity contribution is 8.24. The third kappa shape index (κ3) is 4.54. The van der Waals surface area contributed by atoms with E-state index in [4.69, 9.17) is 12.2 Å². The molecule has 3 amide bonds. The van der Waals surface area contributed by atoms with Crippen LogP contribution in [0.25, 0.3) is 0 Å². The van der Waals surface area contributed by atoms with E-state index in [0.717, 1.165) is 0 Å². The maximum atomic E-state index is 11.9. The molecule has 0 aliphatic carbocycles. The largest absolute Gasteiger partial charge is 0.326 e. The van der Waals surface area contributed by atoms with Gasteiger partial charge in [-0.05, 0) is 24.3 Å². The predicted molar refractivity (Wildman–Crippen MR) is 86.1 cm³/mol. The lowest BCUT2D eigenvalue weighted by Gasteiger charge is -2.08. The second-order valence-corrected chi connectivity index (χ2v) is 6.27. The van der Waals surface area contributed by atoms with Crippen LogP contribution in [0.4, 0.5) is 11.4 Å². The van der Waals surface area contributed by atoms with Crippen LogP contribution in [-0.4, -0.2) is 27.3 Å². The number of amides is 3. The van der Waals surface area contributed by atoms with E-state index in [0.29, 0.717) is 15.7 Å². The fraction of sp³-hybridized carbons (Fsp3) is 0.231. The Labute approximate surface area is 131 Å². The van der Waals surface area contributed by atoms with Gasteiger partial charge in [-0.2, -0.15) is 0 Å². The summed E-state index contributed by atoms with van der Waals surface area (Å²) >= 11 is 6.05. The smallest absolute Gasteiger partial charge is 0.239 e. The number of anilines is 2. The molecule has 1 heterocycles. The van der Waals surface area contributed by atoms with Crippen LogP contribution in [0, 0.1) is 0 Å². The Hall–Kier alpha value is -1.93. The van der Waals surface area contributed by atoms with E-state index >= 15 is 0 Å². The fourth-order valence-electron chi connectivity index (χ4n) is 1.75. The Morgan fingerprint density at radius 2 is 1.81 bits per heavy atom. The molecule has 1 aromatic carbocycles. The van der Waals surface area contributed by atoms with E-state index in [1.807, 2.05) is 0 Å². The molecule has 6 nitrogen and oxygen atoms in total. The molecule has 0 saturated carbocycles. The fourth-order valence-corrected chi connectivity index (χ4v) is 3.02. The molecule has 8 heteroatoms. The molecule has 1 aromatic rings. The first-order valence-corrected chi connectivity index (χ1v) is 7.42. The van der Waals surface area contributed by atoms with Crippen LogP contribution in [0.5, 0.6) is 0 Å². The average molecular weight is 323 g/mol. The van der Waals surface area contributed by atoms with Gasteiger partial charge in [-0.15, -0.1) is 0 Å². The molecule has 1 aliphatic rings. The molecule has 1 saturated heterocycles. The van der Waals surface area contributed by atoms with Gasteiger partial charge in [0.2, 0.25) is 17.7 Å². The number of benzene rings is 1. The van der Waals surface area contributed by atoms with Gasteiger partial charge >= 0.3 is 0 Å². The molecule has 0 spiro atoms. The van der Waals surface area contributed by atoms with E-state index in [1.165, 1.54) is 18.7 Å². The molecule has 21 heavy (non-hydrogen) atoms. The third-order valence-corrected chi connectivity index (χ3v) is 4.00. The van der Waals surface area contributed by atoms with Gasteiger partial charge in [0.25, 0.3) is 0 Å². The second kappa shape index (κ2) is 6.68. The van der Waals surface area contributed by atoms with E-state index in [2.05, 4.69) is 16.0 Å². The van der Waals surface area contributed by atoms with Gasteiger partial charge < -0.3 is 16.0 Å². The van der Waals surface area contributed by atoms with Crippen LogP contribution in [0.2, 0.25) is 0 Å². The highest BCUT2D eigenvalue weighted by Gasteiger charge is 2.30. The van der Waals surface area contributed by atoms with E-state index in [1.54, 1.807) is 24.3 Å². The third-order valence-electron chi connectivity index (χ3n) is 2.63. The maximum Gasteiger partial charge on any atom is 0.239 e. The Morgan fingerprint density at radius 1 is 1.24 bits per heavy atom. The minimum atomic E-state index is -0.476. The minimum absolute atomic E-state index is 0.0596. The summed E-state index contributed by atoms with van der Waals surface area (Å²) < 4.78 is 0.400. The summed E-state index contributed by atoms with van der Waals surface area (Å²) in [5, 5.41) is 7.35. The summed E-state index contributed by atoms with van der Waals surface area (Å²) in [5.74, 6) is -0.659. The van der Waals surface area contributed by atoms with Crippen molar-refractivity contribution in [2.75, 3.05) is 10.6 Å². The standard InChI is InChI=1S/C13H13N3O3S2/c1-7(17)14-8-2-4-9(5-3-8)15-11(18)6-10-12(19)16-13(20)21-10/h2-5,10H,6H2,1H3,(H,14,17)(H,15,18)(H,16,19,20). The number of hydrogen-bond donors (Lipinski definition) is 3. The number of nitrogens with one attached hydrogen (secondary N) is 3. The van der Waals surface area contributed by atoms with Crippen molar-refractivity contribution in [2.45, 2.75) is 18.6 Å². The van der Waals surface area contributed by atoms with Crippen LogP contribution < -0.4 is 16.0 Å². The van der Waals surface area contributed by atoms with Crippen molar-refractivity contribution in [3.8, 4) is 0 Å². The summed E-state index contributed by atoms with van der Waals surface area (Å²) in [6, 6.07) is 6.72. The van der Waals surface area contributed by atoms with Gasteiger partial charge in [-0.3, -0.25) is 14.4 Å². The van der Waals surface area contributed by atoms with Crippen molar-refractivity contribution in [3.63, 3.8) is 0 Å². The highest BCUT2D eigenvalue weighted by atomic mass is 32.2. The Kier molecular flexibility index (Phi) is 4.92. The zero-order valence-corrected chi connectivity index (χ0v) is 12.8. The lowest BCUT2D eigenvalue weighted by atomic mass is 10.2. The van der Waals surface area contributed by atoms with Crippen molar-refractivity contribution in [3.05, 3.63) is 24.3 Å². The van der Waals surface area contributed by atoms with Crippen LogP contribution >= 0.6 is 24.0 Å². The van der Waals surface area contributed by atoms with E-state index < -0.39 is 5.25 Å². The van der Waals surface area contributed by atoms with Crippen molar-refractivity contribution in [1.82, 2.24) is 5.32 Å². The first-order valence-electron chi connectivity index (χ1n) is 6.13. The first-order chi connectivity index (χ1) is 9.94. The maximum absolute atomic E-state index is 11.9. The van der Waals surface area contributed by atoms with E-state index in [-0.39, 0.29) is 24.1 Å². The molecule has 0 radical (unpaired) electrons. The van der Waals surface area contributed by atoms with Gasteiger partial charge in [0.05, 0.1) is 5.25 Å². The molecule has 1 aliphatic heterocycles. The molecular weight excluding hydrogens is 310 g/mol. The van der Waals surface area contributed by atoms with Gasteiger partial charge in [0.15, 0.2) is 0 Å². The molecule has 2 rings (SSSR count). The van der Waals surface area contributed by atoms with Crippen molar-refractivity contribution < 1.29 is 14.4 Å². The van der Waals surface area contributed by atoms with Crippen molar-refractivity contribution in [2.24, 2.45) is 0 Å². The zero-order chi connectivity index (χ0) is 15.4. The summed E-state index contributed by atoms with van der Waals surface area (Å²) in [4.78, 5) is 34.2. The number of carbonyl (C=O) groups excluding carboxylic acids is 3. The summed E-state index contributed by atoms with van der Waals surface area (Å²) in [5.41, 5.74) is 1.25. The Bertz CT molecular complexity index is 601. The van der Waals surface area contributed by atoms with Gasteiger partial charge in [-0.1, -0.05) is 24.0 Å². The molecule has 110 valence electrons. The zero-order valence-electron chi connectivity index (χ0n) is 11.1. The number of rotatable bonds is 4. The van der Waals surface area contributed by atoms with Crippen LogP contribution in [-0.2, 0) is 14.4 Å². The summed E-state index contributed by atoms with van der Waals surface area (Å²) in [6.07, 6.45) is 0.0596. The molecular formula is C13H13N3O3S2. The summed E-state index contributed by atoms with van der Waals surface area (Å²) in [7, 11) is 0. The average Bonchev–Trinajstić information content (AvgIpc) is 2.69. The lowest BCUT2D eigenvalue weighted by Crippen LogP contribution is -2.27. The number of thioether (sulfide) groups is 1. The number of thiocarbonyl (C=S) groups is 1. The normalized spacial score (nSPS) is 17.3. The SMILES string of the molecule is CC(=O)Nc1ccc(NC(=O)CC2SC(=S)NC2=O)cc1. The first kappa shape index (κ1) is 15.5. The number of carbonyl (C=O) groups is 3. The highest BCUT2D eigenvalue weighted by Crippen LogP contribution is 2.23.